The Bertz CT molecular complexity index is 569. The minimum atomic E-state index is 0.891. The number of pyridine rings is 1. The number of anilines is 3. The van der Waals surface area contributed by atoms with Crippen molar-refractivity contribution in [1.29, 1.82) is 0 Å². The van der Waals surface area contributed by atoms with Gasteiger partial charge in [-0.05, 0) is 43.2 Å². The number of rotatable bonds is 6. The molecule has 2 N–H and O–H groups in total. The molecule has 0 atom stereocenters. The quantitative estimate of drug-likeness (QED) is 0.834. The Labute approximate surface area is 120 Å². The zero-order valence-electron chi connectivity index (χ0n) is 12.2. The van der Waals surface area contributed by atoms with Crippen LogP contribution in [0.25, 0.3) is 0 Å². The van der Waals surface area contributed by atoms with E-state index in [9.17, 15) is 0 Å². The van der Waals surface area contributed by atoms with Gasteiger partial charge in [-0.3, -0.25) is 0 Å². The van der Waals surface area contributed by atoms with E-state index in [2.05, 4.69) is 28.6 Å². The highest BCUT2D eigenvalue weighted by Gasteiger charge is 2.01. The van der Waals surface area contributed by atoms with Crippen LogP contribution in [-0.2, 0) is 0 Å². The Kier molecular flexibility index (Phi) is 4.82. The molecule has 0 bridgehead atoms. The van der Waals surface area contributed by atoms with Gasteiger partial charge in [0.1, 0.15) is 11.6 Å². The monoisotopic (exact) mass is 271 g/mol. The molecule has 0 saturated carbocycles. The molecule has 0 aliphatic rings. The summed E-state index contributed by atoms with van der Waals surface area (Å²) in [4.78, 5) is 4.29. The second kappa shape index (κ2) is 6.80. The number of nitrogens with one attached hydrogen (secondary N) is 2. The summed E-state index contributed by atoms with van der Waals surface area (Å²) >= 11 is 0. The minimum Gasteiger partial charge on any atom is -0.496 e. The van der Waals surface area contributed by atoms with Crippen molar-refractivity contribution in [3.05, 3.63) is 42.1 Å². The van der Waals surface area contributed by atoms with Gasteiger partial charge in [-0.2, -0.15) is 0 Å². The summed E-state index contributed by atoms with van der Waals surface area (Å²) in [6, 6.07) is 10.0. The van der Waals surface area contributed by atoms with E-state index < -0.39 is 0 Å². The smallest absolute Gasteiger partial charge is 0.127 e. The average Bonchev–Trinajstić information content (AvgIpc) is 2.46. The summed E-state index contributed by atoms with van der Waals surface area (Å²) in [6.45, 7) is 5.10. The van der Waals surface area contributed by atoms with Crippen molar-refractivity contribution in [2.75, 3.05) is 24.3 Å². The van der Waals surface area contributed by atoms with Crippen LogP contribution in [0.5, 0.6) is 5.75 Å². The van der Waals surface area contributed by atoms with Gasteiger partial charge in [-0.25, -0.2) is 4.98 Å². The Morgan fingerprint density at radius 2 is 1.95 bits per heavy atom. The molecular weight excluding hydrogens is 250 g/mol. The van der Waals surface area contributed by atoms with Crippen LogP contribution in [0.15, 0.2) is 36.5 Å². The van der Waals surface area contributed by atoms with Crippen LogP contribution in [0.4, 0.5) is 17.2 Å². The summed E-state index contributed by atoms with van der Waals surface area (Å²) in [7, 11) is 1.68. The molecule has 0 saturated heterocycles. The number of ether oxygens (including phenoxy) is 1. The topological polar surface area (TPSA) is 46.2 Å². The zero-order chi connectivity index (χ0) is 14.4. The van der Waals surface area contributed by atoms with Gasteiger partial charge in [0, 0.05) is 30.2 Å². The first-order valence-corrected chi connectivity index (χ1v) is 6.84. The normalized spacial score (nSPS) is 10.2. The van der Waals surface area contributed by atoms with Gasteiger partial charge in [0.25, 0.3) is 0 Å². The molecule has 2 aromatic rings. The molecule has 20 heavy (non-hydrogen) atoms. The predicted molar refractivity (Wildman–Crippen MR) is 84.0 cm³/mol. The first kappa shape index (κ1) is 14.2. The Balaban J connectivity index is 2.11. The summed E-state index contributed by atoms with van der Waals surface area (Å²) in [6.07, 6.45) is 2.88. The second-order valence-corrected chi connectivity index (χ2v) is 4.67. The third-order valence-electron chi connectivity index (χ3n) is 3.00. The van der Waals surface area contributed by atoms with E-state index in [0.717, 1.165) is 41.5 Å². The predicted octanol–water partition coefficient (Wildman–Crippen LogP) is 3.96. The number of hydrogen-bond donors (Lipinski definition) is 2. The van der Waals surface area contributed by atoms with Crippen molar-refractivity contribution in [3.8, 4) is 5.75 Å². The number of nitrogens with zero attached hydrogens (tertiary/aromatic N) is 1. The highest BCUT2D eigenvalue weighted by atomic mass is 16.5. The number of aryl methyl sites for hydroxylation is 1. The standard InChI is InChI=1S/C16H21N3O/c1-4-8-17-16-11-14(7-9-18-16)19-13-5-6-15(20-3)12(2)10-13/h5-7,9-11H,4,8H2,1-3H3,(H2,17,18,19). The van der Waals surface area contributed by atoms with Gasteiger partial charge in [0.2, 0.25) is 0 Å². The van der Waals surface area contributed by atoms with Gasteiger partial charge >= 0.3 is 0 Å². The fraction of sp³-hybridized carbons (Fsp3) is 0.312. The number of methoxy groups -OCH3 is 1. The van der Waals surface area contributed by atoms with Gasteiger partial charge in [0.05, 0.1) is 7.11 Å². The van der Waals surface area contributed by atoms with E-state index in [1.165, 1.54) is 0 Å². The molecule has 0 radical (unpaired) electrons. The number of hydrogen-bond acceptors (Lipinski definition) is 4. The summed E-state index contributed by atoms with van der Waals surface area (Å²) in [5.41, 5.74) is 3.16. The molecule has 0 spiro atoms. The molecule has 2 rings (SSSR count). The van der Waals surface area contributed by atoms with E-state index in [-0.39, 0.29) is 0 Å². The van der Waals surface area contributed by atoms with Gasteiger partial charge in [-0.1, -0.05) is 6.92 Å². The second-order valence-electron chi connectivity index (χ2n) is 4.67. The summed E-state index contributed by atoms with van der Waals surface area (Å²) in [5.74, 6) is 1.79. The fourth-order valence-electron chi connectivity index (χ4n) is 1.98. The first-order chi connectivity index (χ1) is 9.72. The summed E-state index contributed by atoms with van der Waals surface area (Å²) in [5, 5.41) is 6.66. The third-order valence-corrected chi connectivity index (χ3v) is 3.00. The van der Waals surface area contributed by atoms with Gasteiger partial charge < -0.3 is 15.4 Å². The molecule has 0 amide bonds. The van der Waals surface area contributed by atoms with Crippen molar-refractivity contribution in [3.63, 3.8) is 0 Å². The molecule has 0 fully saturated rings. The molecule has 4 nitrogen and oxygen atoms in total. The van der Waals surface area contributed by atoms with E-state index in [1.54, 1.807) is 13.3 Å². The Morgan fingerprint density at radius 3 is 2.65 bits per heavy atom. The van der Waals surface area contributed by atoms with E-state index in [4.69, 9.17) is 4.74 Å². The molecular formula is C16H21N3O. The minimum absolute atomic E-state index is 0.891. The molecule has 0 aliphatic carbocycles. The SMILES string of the molecule is CCCNc1cc(Nc2ccc(OC)c(C)c2)ccn1. The maximum atomic E-state index is 5.27. The van der Waals surface area contributed by atoms with Crippen molar-refractivity contribution in [2.24, 2.45) is 0 Å². The van der Waals surface area contributed by atoms with E-state index in [1.807, 2.05) is 31.2 Å². The van der Waals surface area contributed by atoms with Crippen molar-refractivity contribution < 1.29 is 4.74 Å². The zero-order valence-corrected chi connectivity index (χ0v) is 12.2. The molecule has 106 valence electrons. The lowest BCUT2D eigenvalue weighted by Crippen LogP contribution is -2.02. The van der Waals surface area contributed by atoms with Gasteiger partial charge in [-0.15, -0.1) is 0 Å². The van der Waals surface area contributed by atoms with E-state index in [0.29, 0.717) is 0 Å². The van der Waals surface area contributed by atoms with Crippen LogP contribution in [0.2, 0.25) is 0 Å². The lowest BCUT2D eigenvalue weighted by molar-refractivity contribution is 0.412. The van der Waals surface area contributed by atoms with Crippen LogP contribution in [0.1, 0.15) is 18.9 Å². The maximum Gasteiger partial charge on any atom is 0.127 e. The van der Waals surface area contributed by atoms with E-state index >= 15 is 0 Å². The first-order valence-electron chi connectivity index (χ1n) is 6.84. The Morgan fingerprint density at radius 1 is 1.15 bits per heavy atom. The van der Waals surface area contributed by atoms with Crippen LogP contribution in [0.3, 0.4) is 0 Å². The maximum absolute atomic E-state index is 5.27. The molecule has 0 aliphatic heterocycles. The van der Waals surface area contributed by atoms with Crippen molar-refractivity contribution >= 4 is 17.2 Å². The fourth-order valence-corrected chi connectivity index (χ4v) is 1.98. The van der Waals surface area contributed by atoms with Crippen LogP contribution in [0, 0.1) is 6.92 Å². The van der Waals surface area contributed by atoms with Crippen LogP contribution in [-0.4, -0.2) is 18.6 Å². The lowest BCUT2D eigenvalue weighted by atomic mass is 10.2. The number of benzene rings is 1. The molecule has 1 heterocycles. The molecule has 1 aromatic carbocycles. The Hall–Kier alpha value is -2.23. The van der Waals surface area contributed by atoms with Crippen LogP contribution >= 0.6 is 0 Å². The summed E-state index contributed by atoms with van der Waals surface area (Å²) < 4.78 is 5.27. The van der Waals surface area contributed by atoms with Crippen LogP contribution < -0.4 is 15.4 Å². The number of aromatic nitrogens is 1. The highest BCUT2D eigenvalue weighted by Crippen LogP contribution is 2.24. The highest BCUT2D eigenvalue weighted by molar-refractivity contribution is 5.64. The largest absolute Gasteiger partial charge is 0.496 e. The average molecular weight is 271 g/mol. The van der Waals surface area contributed by atoms with Crippen molar-refractivity contribution in [2.45, 2.75) is 20.3 Å². The molecule has 0 unspecified atom stereocenters. The third kappa shape index (κ3) is 3.63. The van der Waals surface area contributed by atoms with Crippen molar-refractivity contribution in [1.82, 2.24) is 4.98 Å². The molecule has 4 heteroatoms. The van der Waals surface area contributed by atoms with Gasteiger partial charge in [0.15, 0.2) is 0 Å². The lowest BCUT2D eigenvalue weighted by Gasteiger charge is -2.11. The molecule has 1 aromatic heterocycles.